The fraction of sp³-hybridized carbons (Fsp3) is 0.300. The molecule has 0 radical (unpaired) electrons. The Morgan fingerprint density at radius 2 is 1.46 bits per heavy atom. The molecule has 7 heteroatoms. The molecule has 0 fully saturated rings. The van der Waals surface area contributed by atoms with Crippen molar-refractivity contribution in [3.63, 3.8) is 0 Å². The summed E-state index contributed by atoms with van der Waals surface area (Å²) in [7, 11) is -3.58. The van der Waals surface area contributed by atoms with Gasteiger partial charge >= 0.3 is 0 Å². The minimum atomic E-state index is -3.58. The van der Waals surface area contributed by atoms with Gasteiger partial charge in [0, 0.05) is 30.0 Å². The average molecular weight is 534 g/mol. The number of hydrogen-bond acceptors (Lipinski definition) is 4. The van der Waals surface area contributed by atoms with Crippen molar-refractivity contribution in [1.29, 1.82) is 0 Å². The molecule has 1 N–H and O–H groups in total. The summed E-state index contributed by atoms with van der Waals surface area (Å²) in [6.07, 6.45) is 0.967. The Morgan fingerprint density at radius 1 is 0.865 bits per heavy atom. The van der Waals surface area contributed by atoms with E-state index in [-0.39, 0.29) is 10.3 Å². The third-order valence-corrected chi connectivity index (χ3v) is 8.59. The first kappa shape index (κ1) is 27.2. The predicted molar refractivity (Wildman–Crippen MR) is 154 cm³/mol. The summed E-state index contributed by atoms with van der Waals surface area (Å²) in [4.78, 5) is 5.34. The molecule has 37 heavy (non-hydrogen) atoms. The Kier molecular flexibility index (Phi) is 8.57. The van der Waals surface area contributed by atoms with Crippen LogP contribution in [0.2, 0.25) is 0 Å². The monoisotopic (exact) mass is 533 g/mol. The van der Waals surface area contributed by atoms with Gasteiger partial charge in [-0.05, 0) is 29.5 Å². The zero-order chi connectivity index (χ0) is 26.5. The number of imidazole rings is 1. The molecule has 0 unspecified atom stereocenters. The molecule has 5 nitrogen and oxygen atoms in total. The van der Waals surface area contributed by atoms with E-state index in [9.17, 15) is 8.42 Å². The number of aromatic nitrogens is 2. The molecule has 0 aliphatic rings. The van der Waals surface area contributed by atoms with E-state index in [0.717, 1.165) is 46.2 Å². The van der Waals surface area contributed by atoms with Gasteiger partial charge in [-0.2, -0.15) is 0 Å². The number of nitrogens with one attached hydrogen (secondary N) is 1. The van der Waals surface area contributed by atoms with E-state index in [1.54, 1.807) is 23.9 Å². The van der Waals surface area contributed by atoms with Crippen molar-refractivity contribution < 1.29 is 8.42 Å². The number of thioether (sulfide) groups is 1. The third kappa shape index (κ3) is 6.53. The van der Waals surface area contributed by atoms with E-state index in [0.29, 0.717) is 12.3 Å². The Hall–Kier alpha value is -2.87. The van der Waals surface area contributed by atoms with Crippen molar-refractivity contribution in [3.05, 3.63) is 90.5 Å². The molecule has 3 aromatic carbocycles. The summed E-state index contributed by atoms with van der Waals surface area (Å²) in [6, 6.07) is 27.7. The molecular weight excluding hydrogens is 498 g/mol. The van der Waals surface area contributed by atoms with Gasteiger partial charge in [0.1, 0.15) is 0 Å². The average Bonchev–Trinajstić information content (AvgIpc) is 3.25. The van der Waals surface area contributed by atoms with Gasteiger partial charge in [-0.15, -0.1) is 0 Å². The number of sulfonamides is 1. The molecular formula is C30H35N3O2S2. The van der Waals surface area contributed by atoms with Crippen molar-refractivity contribution >= 4 is 21.8 Å². The van der Waals surface area contributed by atoms with Gasteiger partial charge in [-0.3, -0.25) is 0 Å². The minimum Gasteiger partial charge on any atom is -0.318 e. The second-order valence-electron chi connectivity index (χ2n) is 10.00. The standard InChI is InChI=1S/C30H35N3O2S2/c1-5-21-33-28(24-14-10-7-11-15-24)27(23-12-8-6-9-13-23)32-29(33)36-22-20-31-37(34,35)26-18-16-25(17-19-26)30(2,3)4/h6-19,31H,5,20-22H2,1-4H3. The van der Waals surface area contributed by atoms with Gasteiger partial charge in [-0.25, -0.2) is 18.1 Å². The fourth-order valence-electron chi connectivity index (χ4n) is 4.20. The number of benzene rings is 3. The zero-order valence-corrected chi connectivity index (χ0v) is 23.6. The van der Waals surface area contributed by atoms with Crippen LogP contribution in [0.15, 0.2) is 95.0 Å². The van der Waals surface area contributed by atoms with Crippen molar-refractivity contribution in [2.24, 2.45) is 0 Å². The molecule has 194 valence electrons. The van der Waals surface area contributed by atoms with Crippen LogP contribution in [-0.2, 0) is 22.0 Å². The number of nitrogens with zero attached hydrogens (tertiary/aromatic N) is 2. The van der Waals surface area contributed by atoms with Crippen LogP contribution in [0.1, 0.15) is 39.7 Å². The molecule has 0 atom stereocenters. The molecule has 0 amide bonds. The highest BCUT2D eigenvalue weighted by Gasteiger charge is 2.21. The highest BCUT2D eigenvalue weighted by Crippen LogP contribution is 2.36. The van der Waals surface area contributed by atoms with Crippen molar-refractivity contribution in [2.75, 3.05) is 12.3 Å². The van der Waals surface area contributed by atoms with Gasteiger partial charge < -0.3 is 4.57 Å². The maximum absolute atomic E-state index is 12.9. The lowest BCUT2D eigenvalue weighted by Gasteiger charge is -2.19. The van der Waals surface area contributed by atoms with E-state index in [4.69, 9.17) is 4.98 Å². The maximum atomic E-state index is 12.9. The first-order valence-electron chi connectivity index (χ1n) is 12.6. The summed E-state index contributed by atoms with van der Waals surface area (Å²) >= 11 is 1.58. The van der Waals surface area contributed by atoms with Crippen LogP contribution in [-0.4, -0.2) is 30.3 Å². The van der Waals surface area contributed by atoms with Crippen LogP contribution >= 0.6 is 11.8 Å². The first-order chi connectivity index (χ1) is 17.7. The lowest BCUT2D eigenvalue weighted by molar-refractivity contribution is 0.580. The summed E-state index contributed by atoms with van der Waals surface area (Å²) in [5.41, 5.74) is 5.31. The smallest absolute Gasteiger partial charge is 0.240 e. The van der Waals surface area contributed by atoms with Gasteiger partial charge in [0.15, 0.2) is 5.16 Å². The quantitative estimate of drug-likeness (QED) is 0.176. The Labute approximate surface area is 225 Å². The molecule has 0 saturated heterocycles. The summed E-state index contributed by atoms with van der Waals surface area (Å²) in [5, 5.41) is 0.897. The summed E-state index contributed by atoms with van der Waals surface area (Å²) in [6.45, 7) is 9.64. The van der Waals surface area contributed by atoms with Crippen molar-refractivity contribution in [3.8, 4) is 22.5 Å². The lowest BCUT2D eigenvalue weighted by atomic mass is 9.87. The molecule has 0 saturated carbocycles. The van der Waals surface area contributed by atoms with Crippen molar-refractivity contribution in [1.82, 2.24) is 14.3 Å². The highest BCUT2D eigenvalue weighted by atomic mass is 32.2. The van der Waals surface area contributed by atoms with Crippen LogP contribution in [0.25, 0.3) is 22.5 Å². The summed E-state index contributed by atoms with van der Waals surface area (Å²) in [5.74, 6) is 0.572. The van der Waals surface area contributed by atoms with Gasteiger partial charge in [0.2, 0.25) is 10.0 Å². The zero-order valence-electron chi connectivity index (χ0n) is 21.9. The van der Waals surface area contributed by atoms with Gasteiger partial charge in [0.25, 0.3) is 0 Å². The molecule has 1 aromatic heterocycles. The number of hydrogen-bond donors (Lipinski definition) is 1. The molecule has 0 aliphatic carbocycles. The van der Waals surface area contributed by atoms with Crippen molar-refractivity contribution in [2.45, 2.75) is 56.1 Å². The second kappa shape index (κ2) is 11.7. The Bertz CT molecular complexity index is 1410. The van der Waals surface area contributed by atoms with Crippen LogP contribution in [0.5, 0.6) is 0 Å². The molecule has 4 aromatic rings. The highest BCUT2D eigenvalue weighted by molar-refractivity contribution is 7.99. The van der Waals surface area contributed by atoms with E-state index in [2.05, 4.69) is 61.2 Å². The SMILES string of the molecule is CCCn1c(SCCNS(=O)(=O)c2ccc(C(C)(C)C)cc2)nc(-c2ccccc2)c1-c1ccccc1. The summed E-state index contributed by atoms with van der Waals surface area (Å²) < 4.78 is 30.7. The van der Waals surface area contributed by atoms with E-state index >= 15 is 0 Å². The van der Waals surface area contributed by atoms with E-state index < -0.39 is 10.0 Å². The van der Waals surface area contributed by atoms with E-state index in [1.807, 2.05) is 48.5 Å². The molecule has 0 bridgehead atoms. The Balaban J connectivity index is 1.54. The molecule has 0 spiro atoms. The van der Waals surface area contributed by atoms with Crippen LogP contribution < -0.4 is 4.72 Å². The fourth-order valence-corrected chi connectivity index (χ4v) is 6.24. The minimum absolute atomic E-state index is 0.0238. The molecule has 4 rings (SSSR count). The maximum Gasteiger partial charge on any atom is 0.240 e. The lowest BCUT2D eigenvalue weighted by Crippen LogP contribution is -2.26. The first-order valence-corrected chi connectivity index (χ1v) is 15.1. The molecule has 1 heterocycles. The van der Waals surface area contributed by atoms with Gasteiger partial charge in [0.05, 0.1) is 16.3 Å². The second-order valence-corrected chi connectivity index (χ2v) is 12.8. The number of rotatable bonds is 10. The van der Waals surface area contributed by atoms with Gasteiger partial charge in [-0.1, -0.05) is 112 Å². The largest absolute Gasteiger partial charge is 0.318 e. The third-order valence-electron chi connectivity index (χ3n) is 6.13. The van der Waals surface area contributed by atoms with Crippen LogP contribution in [0.4, 0.5) is 0 Å². The van der Waals surface area contributed by atoms with E-state index in [1.165, 1.54) is 0 Å². The normalized spacial score (nSPS) is 12.1. The van der Waals surface area contributed by atoms with Crippen LogP contribution in [0, 0.1) is 0 Å². The Morgan fingerprint density at radius 3 is 2.03 bits per heavy atom. The molecule has 0 aliphatic heterocycles. The predicted octanol–water partition coefficient (Wildman–Crippen LogP) is 7.00. The van der Waals surface area contributed by atoms with Crippen LogP contribution in [0.3, 0.4) is 0 Å². The topological polar surface area (TPSA) is 64.0 Å².